The first-order chi connectivity index (χ1) is 19.5. The number of alkyl carbamates (subject to hydrolysis) is 1. The topological polar surface area (TPSA) is 120 Å². The average molecular weight is 538 g/mol. The Balaban J connectivity index is 1.20. The van der Waals surface area contributed by atoms with E-state index >= 15 is 0 Å². The summed E-state index contributed by atoms with van der Waals surface area (Å²) >= 11 is 0. The fourth-order valence-electron chi connectivity index (χ4n) is 4.87. The summed E-state index contributed by atoms with van der Waals surface area (Å²) in [6, 6.07) is 30.5. The van der Waals surface area contributed by atoms with E-state index in [1.54, 1.807) is 0 Å². The number of nitro benzene ring substituents is 1. The standard InChI is InChI=1S/C31H27N3O6/c35-30(40-24-16-14-23(15-17-24)34(37)38)32-19-22(18-21-8-2-1-3-9-21)33-31(36)39-20-29-27-12-6-4-10-25(27)26-11-5-7-13-28(26)29/h1-17,22,29H,18-20H2,(H,32,35)(H,33,36)/t22-/m0/s1. The highest BCUT2D eigenvalue weighted by Crippen LogP contribution is 2.44. The van der Waals surface area contributed by atoms with Gasteiger partial charge in [-0.3, -0.25) is 10.1 Å². The van der Waals surface area contributed by atoms with Crippen molar-refractivity contribution in [3.8, 4) is 16.9 Å². The average Bonchev–Trinajstić information content (AvgIpc) is 3.29. The van der Waals surface area contributed by atoms with Crippen LogP contribution in [0.15, 0.2) is 103 Å². The zero-order chi connectivity index (χ0) is 27.9. The highest BCUT2D eigenvalue weighted by Gasteiger charge is 2.29. The molecule has 0 fully saturated rings. The van der Waals surface area contributed by atoms with Gasteiger partial charge in [-0.05, 0) is 46.4 Å². The van der Waals surface area contributed by atoms with Crippen molar-refractivity contribution in [2.45, 2.75) is 18.4 Å². The van der Waals surface area contributed by atoms with Crippen molar-refractivity contribution in [3.63, 3.8) is 0 Å². The molecule has 9 nitrogen and oxygen atoms in total. The van der Waals surface area contributed by atoms with Crippen molar-refractivity contribution in [1.82, 2.24) is 10.6 Å². The Morgan fingerprint density at radius 1 is 0.800 bits per heavy atom. The van der Waals surface area contributed by atoms with E-state index in [0.29, 0.717) is 6.42 Å². The van der Waals surface area contributed by atoms with Crippen LogP contribution in [0.1, 0.15) is 22.6 Å². The molecular weight excluding hydrogens is 510 g/mol. The summed E-state index contributed by atoms with van der Waals surface area (Å²) in [7, 11) is 0. The fraction of sp³-hybridized carbons (Fsp3) is 0.161. The molecule has 40 heavy (non-hydrogen) atoms. The maximum Gasteiger partial charge on any atom is 0.412 e. The number of benzene rings is 4. The van der Waals surface area contributed by atoms with Gasteiger partial charge in [0.05, 0.1) is 11.0 Å². The number of nitrogens with zero attached hydrogens (tertiary/aromatic N) is 1. The van der Waals surface area contributed by atoms with Crippen LogP contribution in [-0.4, -0.2) is 36.3 Å². The Kier molecular flexibility index (Phi) is 8.01. The van der Waals surface area contributed by atoms with E-state index < -0.39 is 23.2 Å². The van der Waals surface area contributed by atoms with Crippen LogP contribution in [0.2, 0.25) is 0 Å². The predicted octanol–water partition coefficient (Wildman–Crippen LogP) is 5.83. The second-order valence-electron chi connectivity index (χ2n) is 9.38. The molecule has 202 valence electrons. The van der Waals surface area contributed by atoms with E-state index in [0.717, 1.165) is 27.8 Å². The van der Waals surface area contributed by atoms with Gasteiger partial charge in [-0.1, -0.05) is 78.9 Å². The lowest BCUT2D eigenvalue weighted by Crippen LogP contribution is -2.46. The molecule has 1 aliphatic rings. The SMILES string of the molecule is O=C(N[C@H](CNC(=O)Oc1ccc([N+](=O)[O-])cc1)Cc1ccccc1)OCC1c2ccccc2-c2ccccc21. The summed E-state index contributed by atoms with van der Waals surface area (Å²) in [6.45, 7) is 0.248. The lowest BCUT2D eigenvalue weighted by molar-refractivity contribution is -0.384. The minimum absolute atomic E-state index is 0.0690. The molecule has 0 saturated heterocycles. The zero-order valence-corrected chi connectivity index (χ0v) is 21.5. The van der Waals surface area contributed by atoms with Gasteiger partial charge in [-0.15, -0.1) is 0 Å². The number of non-ortho nitro benzene ring substituents is 1. The molecule has 0 radical (unpaired) electrons. The van der Waals surface area contributed by atoms with Crippen LogP contribution in [0.5, 0.6) is 5.75 Å². The monoisotopic (exact) mass is 537 g/mol. The third kappa shape index (κ3) is 6.27. The number of fused-ring (bicyclic) bond motifs is 3. The molecule has 0 heterocycles. The minimum Gasteiger partial charge on any atom is -0.449 e. The summed E-state index contributed by atoms with van der Waals surface area (Å²) in [5.74, 6) is 0.0905. The maximum absolute atomic E-state index is 12.9. The second-order valence-corrected chi connectivity index (χ2v) is 9.38. The molecule has 0 unspecified atom stereocenters. The van der Waals surface area contributed by atoms with Crippen LogP contribution < -0.4 is 15.4 Å². The molecule has 0 saturated carbocycles. The number of carbonyl (C=O) groups is 2. The van der Waals surface area contributed by atoms with Crippen molar-refractivity contribution in [2.75, 3.05) is 13.2 Å². The van der Waals surface area contributed by atoms with E-state index in [-0.39, 0.29) is 30.5 Å². The molecule has 4 aromatic carbocycles. The van der Waals surface area contributed by atoms with Crippen molar-refractivity contribution < 1.29 is 24.0 Å². The Morgan fingerprint density at radius 3 is 2.02 bits per heavy atom. The van der Waals surface area contributed by atoms with E-state index in [9.17, 15) is 19.7 Å². The highest BCUT2D eigenvalue weighted by atomic mass is 16.6. The van der Waals surface area contributed by atoms with E-state index in [2.05, 4.69) is 34.9 Å². The largest absolute Gasteiger partial charge is 0.449 e. The van der Waals surface area contributed by atoms with Crippen LogP contribution in [0.25, 0.3) is 11.1 Å². The quantitative estimate of drug-likeness (QED) is 0.205. The smallest absolute Gasteiger partial charge is 0.412 e. The van der Waals surface area contributed by atoms with Gasteiger partial charge in [0.15, 0.2) is 0 Å². The third-order valence-electron chi connectivity index (χ3n) is 6.74. The molecular formula is C31H27N3O6. The Bertz CT molecular complexity index is 1460. The number of nitrogens with one attached hydrogen (secondary N) is 2. The van der Waals surface area contributed by atoms with Gasteiger partial charge in [0.1, 0.15) is 12.4 Å². The summed E-state index contributed by atoms with van der Waals surface area (Å²) in [6.07, 6.45) is -0.891. The Morgan fingerprint density at radius 2 is 1.40 bits per heavy atom. The number of hydrogen-bond acceptors (Lipinski definition) is 6. The van der Waals surface area contributed by atoms with Gasteiger partial charge in [0.25, 0.3) is 5.69 Å². The zero-order valence-electron chi connectivity index (χ0n) is 21.5. The summed E-state index contributed by atoms with van der Waals surface area (Å²) in [5, 5.41) is 16.3. The second kappa shape index (κ2) is 12.1. The van der Waals surface area contributed by atoms with Crippen LogP contribution in [-0.2, 0) is 11.2 Å². The first-order valence-electron chi connectivity index (χ1n) is 12.8. The molecule has 0 aliphatic heterocycles. The molecule has 1 aliphatic carbocycles. The highest BCUT2D eigenvalue weighted by molar-refractivity contribution is 5.79. The molecule has 1 atom stereocenters. The van der Waals surface area contributed by atoms with Gasteiger partial charge in [0.2, 0.25) is 0 Å². The molecule has 9 heteroatoms. The third-order valence-corrected chi connectivity index (χ3v) is 6.74. The number of ether oxygens (including phenoxy) is 2. The number of amides is 2. The number of hydrogen-bond donors (Lipinski definition) is 2. The minimum atomic E-state index is -0.749. The van der Waals surface area contributed by atoms with Crippen LogP contribution >= 0.6 is 0 Å². The molecule has 5 rings (SSSR count). The summed E-state index contributed by atoms with van der Waals surface area (Å²) in [4.78, 5) is 35.6. The van der Waals surface area contributed by atoms with E-state index in [4.69, 9.17) is 9.47 Å². The van der Waals surface area contributed by atoms with Crippen molar-refractivity contribution in [3.05, 3.63) is 130 Å². The van der Waals surface area contributed by atoms with Gasteiger partial charge >= 0.3 is 12.2 Å². The Labute approximate surface area is 230 Å². The normalized spacial score (nSPS) is 12.5. The van der Waals surface area contributed by atoms with E-state index in [1.807, 2.05) is 54.6 Å². The first-order valence-corrected chi connectivity index (χ1v) is 12.8. The Hall–Kier alpha value is -5.18. The van der Waals surface area contributed by atoms with Gasteiger partial charge < -0.3 is 20.1 Å². The molecule has 0 spiro atoms. The molecule has 0 bridgehead atoms. The lowest BCUT2D eigenvalue weighted by atomic mass is 9.98. The summed E-state index contributed by atoms with van der Waals surface area (Å²) < 4.78 is 10.9. The number of rotatable bonds is 9. The number of nitro groups is 1. The predicted molar refractivity (Wildman–Crippen MR) is 149 cm³/mol. The summed E-state index contributed by atoms with van der Waals surface area (Å²) in [5.41, 5.74) is 5.38. The van der Waals surface area contributed by atoms with Crippen molar-refractivity contribution in [1.29, 1.82) is 0 Å². The molecule has 2 amide bonds. The number of carbonyl (C=O) groups excluding carboxylic acids is 2. The van der Waals surface area contributed by atoms with Gasteiger partial charge in [-0.25, -0.2) is 9.59 Å². The van der Waals surface area contributed by atoms with Crippen molar-refractivity contribution in [2.24, 2.45) is 0 Å². The van der Waals surface area contributed by atoms with Crippen molar-refractivity contribution >= 4 is 17.9 Å². The first kappa shape index (κ1) is 26.4. The fourth-order valence-corrected chi connectivity index (χ4v) is 4.87. The molecule has 2 N–H and O–H groups in total. The van der Waals surface area contributed by atoms with Gasteiger partial charge in [-0.2, -0.15) is 0 Å². The van der Waals surface area contributed by atoms with Crippen LogP contribution in [0, 0.1) is 10.1 Å². The van der Waals surface area contributed by atoms with Crippen LogP contribution in [0.4, 0.5) is 15.3 Å². The molecule has 0 aromatic heterocycles. The van der Waals surface area contributed by atoms with Gasteiger partial charge in [0, 0.05) is 24.6 Å². The lowest BCUT2D eigenvalue weighted by Gasteiger charge is -2.20. The molecule has 4 aromatic rings. The van der Waals surface area contributed by atoms with Crippen LogP contribution in [0.3, 0.4) is 0 Å². The maximum atomic E-state index is 12.9. The van der Waals surface area contributed by atoms with E-state index in [1.165, 1.54) is 24.3 Å².